The molecule has 1 aromatic carbocycles. The maximum absolute atomic E-state index is 13.1. The van der Waals surface area contributed by atoms with E-state index in [1.54, 1.807) is 18.3 Å². The predicted molar refractivity (Wildman–Crippen MR) is 118 cm³/mol. The lowest BCUT2D eigenvalue weighted by atomic mass is 10.1. The third kappa shape index (κ3) is 3.40. The fraction of sp³-hybridized carbons (Fsp3) is 0.318. The van der Waals surface area contributed by atoms with Crippen molar-refractivity contribution in [1.29, 1.82) is 0 Å². The summed E-state index contributed by atoms with van der Waals surface area (Å²) in [7, 11) is -1.62. The Labute approximate surface area is 175 Å². The second kappa shape index (κ2) is 7.54. The van der Waals surface area contributed by atoms with Gasteiger partial charge in [0.15, 0.2) is 0 Å². The topological polar surface area (TPSA) is 83.0 Å². The zero-order valence-electron chi connectivity index (χ0n) is 16.9. The lowest BCUT2D eigenvalue weighted by Gasteiger charge is -2.27. The largest absolute Gasteiger partial charge is 0.361 e. The van der Waals surface area contributed by atoms with Gasteiger partial charge in [0.25, 0.3) is 0 Å². The van der Waals surface area contributed by atoms with Crippen LogP contribution in [0, 0.1) is 0 Å². The summed E-state index contributed by atoms with van der Waals surface area (Å²) in [5.74, 6) is 0. The number of hydrogen-bond donors (Lipinski definition) is 2. The molecule has 0 bridgehead atoms. The molecule has 0 spiro atoms. The molecule has 0 saturated carbocycles. The number of sulfonamides is 1. The van der Waals surface area contributed by atoms with Crippen LogP contribution in [-0.2, 0) is 17.1 Å². The molecule has 0 radical (unpaired) electrons. The summed E-state index contributed by atoms with van der Waals surface area (Å²) in [6.45, 7) is 2.27. The molecule has 1 aliphatic rings. The van der Waals surface area contributed by atoms with E-state index in [0.717, 1.165) is 53.3 Å². The highest BCUT2D eigenvalue weighted by molar-refractivity contribution is 7.89. The quantitative estimate of drug-likeness (QED) is 0.499. The molecule has 0 aliphatic carbocycles. The van der Waals surface area contributed by atoms with Crippen molar-refractivity contribution in [2.24, 2.45) is 7.05 Å². The molecule has 7 nitrogen and oxygen atoms in total. The first-order valence-corrected chi connectivity index (χ1v) is 11.7. The van der Waals surface area contributed by atoms with Crippen molar-refractivity contribution in [1.82, 2.24) is 24.2 Å². The maximum atomic E-state index is 13.1. The van der Waals surface area contributed by atoms with Crippen LogP contribution in [0.4, 0.5) is 0 Å². The average Bonchev–Trinajstić information content (AvgIpc) is 3.49. The van der Waals surface area contributed by atoms with Gasteiger partial charge in [0.05, 0.1) is 22.7 Å². The molecular formula is C22H25N5O2S. The van der Waals surface area contributed by atoms with Crippen LogP contribution in [0.25, 0.3) is 21.8 Å². The van der Waals surface area contributed by atoms with Crippen LogP contribution in [0.3, 0.4) is 0 Å². The van der Waals surface area contributed by atoms with Crippen LogP contribution >= 0.6 is 0 Å². The monoisotopic (exact) mass is 423 g/mol. The van der Waals surface area contributed by atoms with Crippen LogP contribution in [0.1, 0.15) is 24.4 Å². The average molecular weight is 424 g/mol. The maximum Gasteiger partial charge on any atom is 0.240 e. The highest BCUT2D eigenvalue weighted by Crippen LogP contribution is 2.31. The van der Waals surface area contributed by atoms with Crippen LogP contribution in [0.5, 0.6) is 0 Å². The minimum Gasteiger partial charge on any atom is -0.361 e. The van der Waals surface area contributed by atoms with Crippen molar-refractivity contribution in [2.75, 3.05) is 19.6 Å². The minimum absolute atomic E-state index is 0.0254. The van der Waals surface area contributed by atoms with Crippen molar-refractivity contribution in [3.63, 3.8) is 0 Å². The zero-order chi connectivity index (χ0) is 20.7. The second-order valence-corrected chi connectivity index (χ2v) is 9.69. The van der Waals surface area contributed by atoms with E-state index >= 15 is 0 Å². The fourth-order valence-corrected chi connectivity index (χ4v) is 5.54. The van der Waals surface area contributed by atoms with E-state index < -0.39 is 10.0 Å². The van der Waals surface area contributed by atoms with Gasteiger partial charge in [-0.25, -0.2) is 13.1 Å². The Morgan fingerprint density at radius 2 is 2.03 bits per heavy atom. The van der Waals surface area contributed by atoms with Gasteiger partial charge < -0.3 is 9.55 Å². The Bertz CT molecular complexity index is 1300. The lowest BCUT2D eigenvalue weighted by Crippen LogP contribution is -2.36. The minimum atomic E-state index is -3.62. The first-order chi connectivity index (χ1) is 14.5. The third-order valence-electron chi connectivity index (χ3n) is 6.07. The normalized spacial score (nSPS) is 16.6. The smallest absolute Gasteiger partial charge is 0.240 e. The molecule has 1 fully saturated rings. The van der Waals surface area contributed by atoms with Crippen molar-refractivity contribution in [3.8, 4) is 0 Å². The van der Waals surface area contributed by atoms with Gasteiger partial charge in [-0.1, -0.05) is 6.07 Å². The Morgan fingerprint density at radius 3 is 2.87 bits per heavy atom. The molecule has 1 saturated heterocycles. The van der Waals surface area contributed by atoms with Gasteiger partial charge in [0.2, 0.25) is 10.0 Å². The van der Waals surface area contributed by atoms with E-state index in [1.165, 1.54) is 0 Å². The van der Waals surface area contributed by atoms with Crippen molar-refractivity contribution in [2.45, 2.75) is 23.8 Å². The molecule has 1 atom stereocenters. The number of aromatic amines is 1. The van der Waals surface area contributed by atoms with E-state index in [4.69, 9.17) is 0 Å². The number of benzene rings is 1. The van der Waals surface area contributed by atoms with Crippen LogP contribution < -0.4 is 4.72 Å². The molecule has 8 heteroatoms. The van der Waals surface area contributed by atoms with Gasteiger partial charge in [-0.2, -0.15) is 0 Å². The molecule has 2 N–H and O–H groups in total. The molecular weight excluding hydrogens is 398 g/mol. The summed E-state index contributed by atoms with van der Waals surface area (Å²) in [6, 6.07) is 9.09. The summed E-state index contributed by atoms with van der Waals surface area (Å²) >= 11 is 0. The van der Waals surface area contributed by atoms with Crippen LogP contribution in [-0.4, -0.2) is 47.5 Å². The molecule has 3 aromatic heterocycles. The third-order valence-corrected chi connectivity index (χ3v) is 7.49. The molecule has 4 aromatic rings. The molecule has 0 unspecified atom stereocenters. The van der Waals surface area contributed by atoms with Crippen molar-refractivity contribution in [3.05, 3.63) is 60.7 Å². The summed E-state index contributed by atoms with van der Waals surface area (Å²) < 4.78 is 31.1. The highest BCUT2D eigenvalue weighted by atomic mass is 32.2. The molecule has 4 heterocycles. The van der Waals surface area contributed by atoms with Crippen LogP contribution in [0.2, 0.25) is 0 Å². The second-order valence-electron chi connectivity index (χ2n) is 7.93. The number of aromatic nitrogens is 3. The number of aryl methyl sites for hydroxylation is 1. The van der Waals surface area contributed by atoms with E-state index in [2.05, 4.69) is 30.4 Å². The fourth-order valence-electron chi connectivity index (χ4n) is 4.48. The zero-order valence-corrected chi connectivity index (χ0v) is 17.7. The lowest BCUT2D eigenvalue weighted by molar-refractivity contribution is 0.247. The van der Waals surface area contributed by atoms with Crippen molar-refractivity contribution < 1.29 is 8.42 Å². The molecule has 156 valence electrons. The number of rotatable bonds is 6. The first kappa shape index (κ1) is 19.3. The van der Waals surface area contributed by atoms with Gasteiger partial charge in [-0.15, -0.1) is 0 Å². The molecule has 30 heavy (non-hydrogen) atoms. The SMILES string of the molecule is Cn1cc([C@@H](CNS(=O)(=O)c2ccc3cc[nH]c3c2)N2CCCC2)c2ccncc21. The number of likely N-dealkylation sites (tertiary alicyclic amines) is 1. The number of H-pyrrole nitrogens is 1. The van der Waals surface area contributed by atoms with Gasteiger partial charge in [-0.05, 0) is 61.1 Å². The highest BCUT2D eigenvalue weighted by Gasteiger charge is 2.28. The van der Waals surface area contributed by atoms with Gasteiger partial charge in [0.1, 0.15) is 0 Å². The number of fused-ring (bicyclic) bond motifs is 2. The number of nitrogens with zero attached hydrogens (tertiary/aromatic N) is 3. The predicted octanol–water partition coefficient (Wildman–Crippen LogP) is 3.17. The van der Waals surface area contributed by atoms with E-state index in [-0.39, 0.29) is 10.9 Å². The molecule has 5 rings (SSSR count). The van der Waals surface area contributed by atoms with E-state index in [9.17, 15) is 8.42 Å². The van der Waals surface area contributed by atoms with Crippen molar-refractivity contribution >= 4 is 31.8 Å². The van der Waals surface area contributed by atoms with Gasteiger partial charge in [-0.3, -0.25) is 9.88 Å². The molecule has 1 aliphatic heterocycles. The summed E-state index contributed by atoms with van der Waals surface area (Å²) in [4.78, 5) is 9.98. The number of hydrogen-bond acceptors (Lipinski definition) is 4. The Morgan fingerprint density at radius 1 is 1.20 bits per heavy atom. The van der Waals surface area contributed by atoms with E-state index in [1.807, 2.05) is 37.6 Å². The van der Waals surface area contributed by atoms with Gasteiger partial charge in [0, 0.05) is 43.1 Å². The van der Waals surface area contributed by atoms with Crippen LogP contribution in [0.15, 0.2) is 60.0 Å². The summed E-state index contributed by atoms with van der Waals surface area (Å²) in [5, 5.41) is 2.12. The standard InChI is InChI=1S/C22H25N5O2S/c1-26-15-19(18-7-8-23-13-21(18)26)22(27-10-2-3-11-27)14-25-30(28,29)17-5-4-16-6-9-24-20(16)12-17/h4-9,12-13,15,22,24-25H,2-3,10-11,14H2,1H3/t22-/m1/s1. The summed E-state index contributed by atoms with van der Waals surface area (Å²) in [5.41, 5.74) is 3.01. The summed E-state index contributed by atoms with van der Waals surface area (Å²) in [6.07, 6.45) is 9.85. The number of nitrogens with one attached hydrogen (secondary N) is 2. The Kier molecular flexibility index (Phi) is 4.85. The number of pyridine rings is 1. The first-order valence-electron chi connectivity index (χ1n) is 10.2. The molecule has 0 amide bonds. The van der Waals surface area contributed by atoms with E-state index in [0.29, 0.717) is 6.54 Å². The Balaban J connectivity index is 1.46. The van der Waals surface area contributed by atoms with Gasteiger partial charge >= 0.3 is 0 Å². The Hall–Kier alpha value is -2.68.